The van der Waals surface area contributed by atoms with Gasteiger partial charge in [-0.15, -0.1) is 0 Å². The highest BCUT2D eigenvalue weighted by atomic mass is 16.7. The molecule has 0 saturated heterocycles. The van der Waals surface area contributed by atoms with Crippen LogP contribution in [-0.4, -0.2) is 23.0 Å². The van der Waals surface area contributed by atoms with Gasteiger partial charge >= 0.3 is 0 Å². The highest BCUT2D eigenvalue weighted by Crippen LogP contribution is 2.32. The molecule has 0 saturated carbocycles. The Kier molecular flexibility index (Phi) is 3.41. The van der Waals surface area contributed by atoms with Gasteiger partial charge in [-0.05, 0) is 20.3 Å². The van der Waals surface area contributed by atoms with Gasteiger partial charge in [0.1, 0.15) is 5.75 Å². The van der Waals surface area contributed by atoms with Crippen molar-refractivity contribution in [3.8, 4) is 5.75 Å². The minimum Gasteiger partial charge on any atom is -0.463 e. The summed E-state index contributed by atoms with van der Waals surface area (Å²) in [6, 6.07) is 0. The molecule has 0 amide bonds. The van der Waals surface area contributed by atoms with Gasteiger partial charge in [-0.2, -0.15) is 0 Å². The number of aromatic nitrogens is 1. The van der Waals surface area contributed by atoms with Gasteiger partial charge in [-0.1, -0.05) is 0 Å². The normalized spacial score (nSPS) is 19.1. The Balaban J connectivity index is 2.30. The van der Waals surface area contributed by atoms with Crippen LogP contribution < -0.4 is 4.74 Å². The number of pyridine rings is 1. The number of aliphatic hydroxyl groups excluding tert-OH is 1. The number of hydrogen-bond donors (Lipinski definition) is 1. The zero-order valence-corrected chi connectivity index (χ0v) is 9.69. The maximum absolute atomic E-state index is 9.23. The van der Waals surface area contributed by atoms with Gasteiger partial charge in [0.05, 0.1) is 12.3 Å². The smallest absolute Gasteiger partial charge is 0.200 e. The molecule has 1 aromatic heterocycles. The molecule has 1 aromatic rings. The lowest BCUT2D eigenvalue weighted by Crippen LogP contribution is -2.27. The van der Waals surface area contributed by atoms with Crippen LogP contribution in [0.2, 0.25) is 0 Å². The predicted octanol–water partition coefficient (Wildman–Crippen LogP) is 1.57. The lowest BCUT2D eigenvalue weighted by atomic mass is 10.0. The van der Waals surface area contributed by atoms with Gasteiger partial charge in [0, 0.05) is 30.4 Å². The summed E-state index contributed by atoms with van der Waals surface area (Å²) in [5.41, 5.74) is 2.79. The minimum absolute atomic E-state index is 0.0122. The van der Waals surface area contributed by atoms with E-state index in [0.717, 1.165) is 35.4 Å². The van der Waals surface area contributed by atoms with Crippen LogP contribution in [0.5, 0.6) is 5.75 Å². The van der Waals surface area contributed by atoms with E-state index in [1.165, 1.54) is 0 Å². The zero-order valence-electron chi connectivity index (χ0n) is 9.69. The van der Waals surface area contributed by atoms with Crippen molar-refractivity contribution >= 4 is 0 Å². The number of rotatable bonds is 3. The van der Waals surface area contributed by atoms with E-state index in [-0.39, 0.29) is 12.9 Å². The largest absolute Gasteiger partial charge is 0.463 e. The summed E-state index contributed by atoms with van der Waals surface area (Å²) >= 11 is 0. The molecule has 1 unspecified atom stereocenters. The molecular weight excluding hydrogens is 206 g/mol. The van der Waals surface area contributed by atoms with Crippen LogP contribution >= 0.6 is 0 Å². The fourth-order valence-electron chi connectivity index (χ4n) is 2.00. The number of fused-ring (bicyclic) bond motifs is 1. The summed E-state index contributed by atoms with van der Waals surface area (Å²) in [7, 11) is 0. The van der Waals surface area contributed by atoms with Gasteiger partial charge in [0.25, 0.3) is 0 Å². The van der Waals surface area contributed by atoms with Gasteiger partial charge < -0.3 is 14.6 Å². The molecule has 1 aliphatic rings. The molecule has 0 fully saturated rings. The Morgan fingerprint density at radius 2 is 2.44 bits per heavy atom. The quantitative estimate of drug-likeness (QED) is 0.845. The first-order valence-corrected chi connectivity index (χ1v) is 5.62. The highest BCUT2D eigenvalue weighted by Gasteiger charge is 2.24. The van der Waals surface area contributed by atoms with Crippen molar-refractivity contribution < 1.29 is 14.6 Å². The molecular formula is C12H17NO3. The summed E-state index contributed by atoms with van der Waals surface area (Å²) in [5, 5.41) is 9.23. The number of aliphatic hydroxyl groups is 1. The van der Waals surface area contributed by atoms with Gasteiger partial charge in [-0.25, -0.2) is 0 Å². The molecule has 1 N–H and O–H groups in total. The molecule has 2 heterocycles. The summed E-state index contributed by atoms with van der Waals surface area (Å²) in [6.45, 7) is 4.52. The summed E-state index contributed by atoms with van der Waals surface area (Å²) in [4.78, 5) is 4.22. The molecule has 0 bridgehead atoms. The van der Waals surface area contributed by atoms with Crippen molar-refractivity contribution in [3.63, 3.8) is 0 Å². The number of hydrogen-bond acceptors (Lipinski definition) is 4. The summed E-state index contributed by atoms with van der Waals surface area (Å²) in [6.07, 6.45) is 3.25. The van der Waals surface area contributed by atoms with Crippen LogP contribution in [-0.2, 0) is 17.8 Å². The molecule has 88 valence electrons. The van der Waals surface area contributed by atoms with Crippen molar-refractivity contribution in [1.29, 1.82) is 0 Å². The second kappa shape index (κ2) is 4.80. The van der Waals surface area contributed by atoms with Gasteiger partial charge in [0.2, 0.25) is 0 Å². The van der Waals surface area contributed by atoms with Gasteiger partial charge in [0.15, 0.2) is 6.29 Å². The van der Waals surface area contributed by atoms with Crippen LogP contribution in [0, 0.1) is 6.92 Å². The molecule has 16 heavy (non-hydrogen) atoms. The molecule has 0 aromatic carbocycles. The van der Waals surface area contributed by atoms with E-state index in [1.807, 2.05) is 13.8 Å². The first-order chi connectivity index (χ1) is 7.76. The third kappa shape index (κ3) is 2.03. The highest BCUT2D eigenvalue weighted by molar-refractivity contribution is 5.43. The van der Waals surface area contributed by atoms with Crippen molar-refractivity contribution in [2.45, 2.75) is 39.6 Å². The van der Waals surface area contributed by atoms with E-state index in [9.17, 15) is 5.11 Å². The Morgan fingerprint density at radius 3 is 3.12 bits per heavy atom. The first kappa shape index (κ1) is 11.4. The van der Waals surface area contributed by atoms with Gasteiger partial charge in [-0.3, -0.25) is 4.98 Å². The predicted molar refractivity (Wildman–Crippen MR) is 59.3 cm³/mol. The van der Waals surface area contributed by atoms with Crippen molar-refractivity contribution in [3.05, 3.63) is 23.0 Å². The lowest BCUT2D eigenvalue weighted by molar-refractivity contribution is -0.0869. The second-order valence-electron chi connectivity index (χ2n) is 3.88. The Morgan fingerprint density at radius 1 is 1.62 bits per heavy atom. The molecule has 4 heteroatoms. The van der Waals surface area contributed by atoms with Crippen molar-refractivity contribution in [2.75, 3.05) is 6.61 Å². The Labute approximate surface area is 95.2 Å². The summed E-state index contributed by atoms with van der Waals surface area (Å²) in [5.74, 6) is 0.788. The first-order valence-electron chi connectivity index (χ1n) is 5.62. The maximum Gasteiger partial charge on any atom is 0.200 e. The van der Waals surface area contributed by atoms with Crippen molar-refractivity contribution in [2.24, 2.45) is 0 Å². The molecule has 0 aliphatic carbocycles. The van der Waals surface area contributed by atoms with E-state index < -0.39 is 0 Å². The number of ether oxygens (including phenoxy) is 2. The zero-order chi connectivity index (χ0) is 11.5. The van der Waals surface area contributed by atoms with E-state index >= 15 is 0 Å². The number of aryl methyl sites for hydroxylation is 1. The average Bonchev–Trinajstić information content (AvgIpc) is 2.31. The second-order valence-corrected chi connectivity index (χ2v) is 3.88. The third-order valence-corrected chi connectivity index (χ3v) is 2.81. The van der Waals surface area contributed by atoms with Crippen LogP contribution in [0.15, 0.2) is 6.20 Å². The SMILES string of the molecule is CCOC1CCc2c(CO)cnc(C)c2O1. The average molecular weight is 223 g/mol. The number of nitrogens with zero attached hydrogens (tertiary/aromatic N) is 1. The fraction of sp³-hybridized carbons (Fsp3) is 0.583. The Hall–Kier alpha value is -1.13. The van der Waals surface area contributed by atoms with E-state index in [4.69, 9.17) is 9.47 Å². The lowest BCUT2D eigenvalue weighted by Gasteiger charge is -2.27. The topological polar surface area (TPSA) is 51.6 Å². The van der Waals surface area contributed by atoms with Crippen LogP contribution in [0.1, 0.15) is 30.2 Å². The maximum atomic E-state index is 9.23. The van der Waals surface area contributed by atoms with Crippen LogP contribution in [0.3, 0.4) is 0 Å². The monoisotopic (exact) mass is 223 g/mol. The summed E-state index contributed by atoms with van der Waals surface area (Å²) < 4.78 is 11.2. The minimum atomic E-state index is -0.174. The molecule has 0 radical (unpaired) electrons. The molecule has 1 aliphatic heterocycles. The Bertz CT molecular complexity index is 379. The fourth-order valence-corrected chi connectivity index (χ4v) is 2.00. The van der Waals surface area contributed by atoms with Crippen LogP contribution in [0.4, 0.5) is 0 Å². The standard InChI is InChI=1S/C12H17NO3/c1-3-15-11-5-4-10-9(7-14)6-13-8(2)12(10)16-11/h6,11,14H,3-5,7H2,1-2H3. The van der Waals surface area contributed by atoms with Crippen molar-refractivity contribution in [1.82, 2.24) is 4.98 Å². The molecule has 1 atom stereocenters. The molecule has 0 spiro atoms. The van der Waals surface area contributed by atoms with Crippen LogP contribution in [0.25, 0.3) is 0 Å². The molecule has 4 nitrogen and oxygen atoms in total. The van der Waals surface area contributed by atoms with E-state index in [0.29, 0.717) is 6.61 Å². The van der Waals surface area contributed by atoms with E-state index in [2.05, 4.69) is 4.98 Å². The molecule has 2 rings (SSSR count). The van der Waals surface area contributed by atoms with E-state index in [1.54, 1.807) is 6.20 Å². The third-order valence-electron chi connectivity index (χ3n) is 2.81.